The SMILES string of the molecule is COC(=O)[C@H](Cc1ccc(OCCc2nc(-c3ccccc3)oc2C)cc1)N/C(C)=C\C(=O)c1ccccc1. The normalized spacial score (nSPS) is 12.0. The highest BCUT2D eigenvalue weighted by Gasteiger charge is 2.20. The Hall–Kier alpha value is -4.65. The largest absolute Gasteiger partial charge is 0.493 e. The first-order chi connectivity index (χ1) is 18.9. The lowest BCUT2D eigenvalue weighted by molar-refractivity contribution is -0.142. The van der Waals surface area contributed by atoms with Gasteiger partial charge in [0, 0.05) is 35.7 Å². The van der Waals surface area contributed by atoms with Crippen LogP contribution in [0.25, 0.3) is 11.5 Å². The van der Waals surface area contributed by atoms with Gasteiger partial charge >= 0.3 is 5.97 Å². The smallest absolute Gasteiger partial charge is 0.328 e. The molecule has 1 aromatic heterocycles. The summed E-state index contributed by atoms with van der Waals surface area (Å²) in [5.41, 5.74) is 3.90. The van der Waals surface area contributed by atoms with Crippen molar-refractivity contribution in [3.8, 4) is 17.2 Å². The first-order valence-electron chi connectivity index (χ1n) is 12.8. The summed E-state index contributed by atoms with van der Waals surface area (Å²) in [6, 6.07) is 25.7. The summed E-state index contributed by atoms with van der Waals surface area (Å²) in [6.07, 6.45) is 2.49. The van der Waals surface area contributed by atoms with Gasteiger partial charge in [0.15, 0.2) is 5.78 Å². The molecule has 0 saturated heterocycles. The molecule has 1 atom stereocenters. The third-order valence-corrected chi connectivity index (χ3v) is 6.18. The van der Waals surface area contributed by atoms with Crippen molar-refractivity contribution in [1.82, 2.24) is 10.3 Å². The molecule has 0 bridgehead atoms. The Morgan fingerprint density at radius 1 is 0.974 bits per heavy atom. The lowest BCUT2D eigenvalue weighted by Crippen LogP contribution is -2.38. The molecule has 1 heterocycles. The number of nitrogens with one attached hydrogen (secondary N) is 1. The highest BCUT2D eigenvalue weighted by molar-refractivity contribution is 6.04. The summed E-state index contributed by atoms with van der Waals surface area (Å²) < 4.78 is 16.7. The second kappa shape index (κ2) is 13.2. The molecule has 0 aliphatic carbocycles. The van der Waals surface area contributed by atoms with E-state index in [9.17, 15) is 9.59 Å². The zero-order valence-corrected chi connectivity index (χ0v) is 22.3. The first kappa shape index (κ1) is 27.4. The minimum atomic E-state index is -0.643. The van der Waals surface area contributed by atoms with Crippen LogP contribution in [-0.4, -0.2) is 36.5 Å². The number of nitrogens with zero attached hydrogens (tertiary/aromatic N) is 1. The van der Waals surface area contributed by atoms with Gasteiger partial charge in [-0.15, -0.1) is 0 Å². The number of hydrogen-bond acceptors (Lipinski definition) is 7. The van der Waals surface area contributed by atoms with Gasteiger partial charge in [-0.05, 0) is 43.7 Å². The Labute approximate surface area is 228 Å². The quantitative estimate of drug-likeness (QED) is 0.144. The molecule has 0 radical (unpaired) electrons. The van der Waals surface area contributed by atoms with E-state index >= 15 is 0 Å². The number of esters is 1. The first-order valence-corrected chi connectivity index (χ1v) is 12.8. The van der Waals surface area contributed by atoms with Crippen molar-refractivity contribution < 1.29 is 23.5 Å². The van der Waals surface area contributed by atoms with Crippen LogP contribution in [0.15, 0.2) is 101 Å². The van der Waals surface area contributed by atoms with Gasteiger partial charge in [0.2, 0.25) is 5.89 Å². The molecule has 0 aliphatic heterocycles. The van der Waals surface area contributed by atoms with E-state index in [0.29, 0.717) is 36.6 Å². The van der Waals surface area contributed by atoms with Crippen molar-refractivity contribution in [2.45, 2.75) is 32.7 Å². The molecule has 0 amide bonds. The molecule has 4 aromatic rings. The van der Waals surface area contributed by atoms with Gasteiger partial charge in [0.25, 0.3) is 0 Å². The predicted octanol–water partition coefficient (Wildman–Crippen LogP) is 5.73. The summed E-state index contributed by atoms with van der Waals surface area (Å²) in [6.45, 7) is 4.11. The molecule has 200 valence electrons. The lowest BCUT2D eigenvalue weighted by Gasteiger charge is -2.18. The number of aromatic nitrogens is 1. The van der Waals surface area contributed by atoms with E-state index in [0.717, 1.165) is 28.3 Å². The summed E-state index contributed by atoms with van der Waals surface area (Å²) >= 11 is 0. The molecular formula is C32H32N2O5. The Bertz CT molecular complexity index is 1410. The van der Waals surface area contributed by atoms with E-state index in [1.807, 2.05) is 79.7 Å². The van der Waals surface area contributed by atoms with Crippen LogP contribution >= 0.6 is 0 Å². The zero-order chi connectivity index (χ0) is 27.6. The fraction of sp³-hybridized carbons (Fsp3) is 0.219. The molecule has 0 aliphatic rings. The molecule has 0 fully saturated rings. The van der Waals surface area contributed by atoms with Crippen molar-refractivity contribution in [3.05, 3.63) is 119 Å². The van der Waals surface area contributed by atoms with E-state index in [1.54, 1.807) is 19.1 Å². The summed E-state index contributed by atoms with van der Waals surface area (Å²) in [5.74, 6) is 1.56. The predicted molar refractivity (Wildman–Crippen MR) is 149 cm³/mol. The average Bonchev–Trinajstić information content (AvgIpc) is 3.34. The molecule has 7 nitrogen and oxygen atoms in total. The molecule has 39 heavy (non-hydrogen) atoms. The van der Waals surface area contributed by atoms with Gasteiger partial charge < -0.3 is 19.2 Å². The van der Waals surface area contributed by atoms with Gasteiger partial charge in [-0.25, -0.2) is 9.78 Å². The van der Waals surface area contributed by atoms with Crippen molar-refractivity contribution in [2.24, 2.45) is 0 Å². The second-order valence-corrected chi connectivity index (χ2v) is 9.11. The fourth-order valence-electron chi connectivity index (χ4n) is 4.12. The van der Waals surface area contributed by atoms with Gasteiger partial charge in [0.1, 0.15) is 17.6 Å². The zero-order valence-electron chi connectivity index (χ0n) is 22.3. The number of benzene rings is 3. The number of allylic oxidation sites excluding steroid dienone is 2. The number of methoxy groups -OCH3 is 1. The van der Waals surface area contributed by atoms with Crippen LogP contribution in [0.5, 0.6) is 5.75 Å². The minimum absolute atomic E-state index is 0.136. The number of aryl methyl sites for hydroxylation is 1. The van der Waals surface area contributed by atoms with E-state index in [-0.39, 0.29) is 5.78 Å². The summed E-state index contributed by atoms with van der Waals surface area (Å²) in [5, 5.41) is 3.12. The van der Waals surface area contributed by atoms with Gasteiger partial charge in [-0.2, -0.15) is 0 Å². The third-order valence-electron chi connectivity index (χ3n) is 6.18. The Kier molecular flexibility index (Phi) is 9.29. The van der Waals surface area contributed by atoms with Crippen LogP contribution in [0.4, 0.5) is 0 Å². The van der Waals surface area contributed by atoms with Crippen molar-refractivity contribution in [1.29, 1.82) is 0 Å². The fourth-order valence-corrected chi connectivity index (χ4v) is 4.12. The Morgan fingerprint density at radius 2 is 1.64 bits per heavy atom. The maximum Gasteiger partial charge on any atom is 0.328 e. The van der Waals surface area contributed by atoms with Crippen LogP contribution in [0, 0.1) is 6.92 Å². The highest BCUT2D eigenvalue weighted by atomic mass is 16.5. The molecule has 0 unspecified atom stereocenters. The van der Waals surface area contributed by atoms with E-state index in [2.05, 4.69) is 10.3 Å². The van der Waals surface area contributed by atoms with E-state index < -0.39 is 12.0 Å². The highest BCUT2D eigenvalue weighted by Crippen LogP contribution is 2.22. The molecule has 3 aromatic carbocycles. The number of hydrogen-bond donors (Lipinski definition) is 1. The van der Waals surface area contributed by atoms with Gasteiger partial charge in [-0.3, -0.25) is 4.79 Å². The average molecular weight is 525 g/mol. The van der Waals surface area contributed by atoms with E-state index in [1.165, 1.54) is 13.2 Å². The number of ether oxygens (including phenoxy) is 2. The van der Waals surface area contributed by atoms with Crippen molar-refractivity contribution >= 4 is 11.8 Å². The van der Waals surface area contributed by atoms with Gasteiger partial charge in [0.05, 0.1) is 19.4 Å². The molecular weight excluding hydrogens is 492 g/mol. The summed E-state index contributed by atoms with van der Waals surface area (Å²) in [4.78, 5) is 29.5. The number of ketones is 1. The molecule has 0 spiro atoms. The number of carbonyl (C=O) groups excluding carboxylic acids is 2. The monoisotopic (exact) mass is 524 g/mol. The molecule has 7 heteroatoms. The molecule has 1 N–H and O–H groups in total. The maximum atomic E-state index is 12.5. The minimum Gasteiger partial charge on any atom is -0.493 e. The molecule has 4 rings (SSSR count). The summed E-state index contributed by atoms with van der Waals surface area (Å²) in [7, 11) is 1.35. The molecule has 0 saturated carbocycles. The van der Waals surface area contributed by atoms with Gasteiger partial charge in [-0.1, -0.05) is 60.7 Å². The van der Waals surface area contributed by atoms with Crippen LogP contribution in [-0.2, 0) is 22.4 Å². The van der Waals surface area contributed by atoms with Crippen molar-refractivity contribution in [2.75, 3.05) is 13.7 Å². The number of carbonyl (C=O) groups is 2. The van der Waals surface area contributed by atoms with E-state index in [4.69, 9.17) is 13.9 Å². The van der Waals surface area contributed by atoms with Crippen molar-refractivity contribution in [3.63, 3.8) is 0 Å². The lowest BCUT2D eigenvalue weighted by atomic mass is 10.0. The Morgan fingerprint density at radius 3 is 2.31 bits per heavy atom. The Balaban J connectivity index is 1.32. The second-order valence-electron chi connectivity index (χ2n) is 9.11. The number of rotatable bonds is 12. The topological polar surface area (TPSA) is 90.7 Å². The van der Waals surface area contributed by atoms with Crippen LogP contribution in [0.2, 0.25) is 0 Å². The third kappa shape index (κ3) is 7.68. The number of oxazole rings is 1. The standard InChI is InChI=1S/C32H32N2O5/c1-22(20-30(35)25-10-6-4-7-11-25)33-29(32(36)37-3)21-24-14-16-27(17-15-24)38-19-18-28-23(2)39-31(34-28)26-12-8-5-9-13-26/h4-17,20,29,33H,18-19,21H2,1-3H3/b22-20-/t29-/m0/s1. The maximum absolute atomic E-state index is 12.5. The van der Waals surface area contributed by atoms with Crippen LogP contribution < -0.4 is 10.1 Å². The van der Waals surface area contributed by atoms with Crippen LogP contribution in [0.3, 0.4) is 0 Å². The van der Waals surface area contributed by atoms with Crippen LogP contribution in [0.1, 0.15) is 34.3 Å².